The molecule has 0 spiro atoms. The molecule has 0 amide bonds. The van der Waals surface area contributed by atoms with E-state index in [1.807, 2.05) is 0 Å². The Kier molecular flexibility index (Phi) is 4.10. The average molecular weight is 362 g/mol. The molecule has 4 saturated carbocycles. The Morgan fingerprint density at radius 3 is 1.00 bits per heavy atom. The Hall–Kier alpha value is 0.860. The first-order valence-corrected chi connectivity index (χ1v) is 14.8. The first-order valence-electron chi connectivity index (χ1n) is 11.4. The highest BCUT2D eigenvalue weighted by Gasteiger charge is 2.55. The van der Waals surface area contributed by atoms with Gasteiger partial charge in [-0.25, -0.2) is 0 Å². The molecule has 6 rings (SSSR count). The quantitative estimate of drug-likeness (QED) is 0.493. The summed E-state index contributed by atoms with van der Waals surface area (Å²) in [7, 11) is 0.877. The largest absolute Gasteiger partial charge is 0.0994 e. The standard InChI is InChI=1S/C22H36P2/c1-5-15-16-6-2-10-20(16)23(19(15)9-1)13-14-24-21-11-3-7-17(21)18-8-4-12-22(18)24/h15-22H,1-14H2/t15-,16?,17+,18?,19?,20-,21?,22-,23?,24?/m0/s1. The smallest absolute Gasteiger partial charge is 0.0175 e. The Morgan fingerprint density at radius 2 is 0.708 bits per heavy atom. The van der Waals surface area contributed by atoms with Gasteiger partial charge in [-0.2, -0.15) is 0 Å². The van der Waals surface area contributed by atoms with Gasteiger partial charge in [0.2, 0.25) is 0 Å². The first-order chi connectivity index (χ1) is 11.9. The molecule has 0 aromatic rings. The maximum absolute atomic E-state index is 1.75. The van der Waals surface area contributed by atoms with Crippen LogP contribution < -0.4 is 0 Å². The molecule has 0 aromatic heterocycles. The van der Waals surface area contributed by atoms with E-state index in [0.29, 0.717) is 15.8 Å². The summed E-state index contributed by atoms with van der Waals surface area (Å²) in [5, 5.41) is 0. The lowest BCUT2D eigenvalue weighted by atomic mass is 9.90. The molecule has 0 aromatic carbocycles. The predicted molar refractivity (Wildman–Crippen MR) is 108 cm³/mol. The third kappa shape index (κ3) is 2.24. The predicted octanol–water partition coefficient (Wildman–Crippen LogP) is 6.65. The van der Waals surface area contributed by atoms with Crippen molar-refractivity contribution < 1.29 is 0 Å². The van der Waals surface area contributed by atoms with Gasteiger partial charge >= 0.3 is 0 Å². The number of hydrogen-bond acceptors (Lipinski definition) is 0. The van der Waals surface area contributed by atoms with Crippen molar-refractivity contribution in [2.75, 3.05) is 12.3 Å². The van der Waals surface area contributed by atoms with Gasteiger partial charge in [-0.15, -0.1) is 0 Å². The van der Waals surface area contributed by atoms with Crippen LogP contribution in [0.5, 0.6) is 0 Å². The van der Waals surface area contributed by atoms with Crippen molar-refractivity contribution in [1.82, 2.24) is 0 Å². The van der Waals surface area contributed by atoms with E-state index in [1.54, 1.807) is 89.4 Å². The van der Waals surface area contributed by atoms with E-state index >= 15 is 0 Å². The molecule has 10 atom stereocenters. The molecule has 6 unspecified atom stereocenters. The molecule has 2 heteroatoms. The van der Waals surface area contributed by atoms with E-state index in [0.717, 1.165) is 0 Å². The summed E-state index contributed by atoms with van der Waals surface area (Å²) in [6, 6.07) is 0. The van der Waals surface area contributed by atoms with E-state index in [9.17, 15) is 0 Å². The van der Waals surface area contributed by atoms with Crippen LogP contribution in [0.15, 0.2) is 0 Å². The minimum atomic E-state index is 0.438. The molecule has 2 aliphatic heterocycles. The van der Waals surface area contributed by atoms with Crippen LogP contribution in [0.2, 0.25) is 0 Å². The summed E-state index contributed by atoms with van der Waals surface area (Å²) >= 11 is 0. The Labute approximate surface area is 151 Å². The lowest BCUT2D eigenvalue weighted by Gasteiger charge is -2.30. The maximum Gasteiger partial charge on any atom is -0.0175 e. The normalized spacial score (nSPS) is 58.0. The third-order valence-corrected chi connectivity index (χ3v) is 17.4. The fourth-order valence-electron chi connectivity index (χ4n) is 8.91. The van der Waals surface area contributed by atoms with Crippen molar-refractivity contribution in [2.24, 2.45) is 23.7 Å². The van der Waals surface area contributed by atoms with Crippen LogP contribution in [0.4, 0.5) is 0 Å². The molecule has 0 nitrogen and oxygen atoms in total. The van der Waals surface area contributed by atoms with Crippen LogP contribution in [0.25, 0.3) is 0 Å². The van der Waals surface area contributed by atoms with Crippen molar-refractivity contribution in [3.05, 3.63) is 0 Å². The molecular weight excluding hydrogens is 326 g/mol. The summed E-state index contributed by atoms with van der Waals surface area (Å²) < 4.78 is 0. The Balaban J connectivity index is 1.19. The van der Waals surface area contributed by atoms with E-state index in [2.05, 4.69) is 0 Å². The van der Waals surface area contributed by atoms with Gasteiger partial charge in [-0.05, 0) is 110 Å². The zero-order valence-electron chi connectivity index (χ0n) is 15.4. The average Bonchev–Trinajstić information content (AvgIpc) is 3.38. The van der Waals surface area contributed by atoms with Gasteiger partial charge in [0, 0.05) is 0 Å². The van der Waals surface area contributed by atoms with Gasteiger partial charge in [0.15, 0.2) is 0 Å². The summed E-state index contributed by atoms with van der Waals surface area (Å²) in [5.74, 6) is 4.88. The molecule has 0 radical (unpaired) electrons. The van der Waals surface area contributed by atoms with Gasteiger partial charge in [0.05, 0.1) is 0 Å². The second kappa shape index (κ2) is 6.20. The first kappa shape index (κ1) is 15.9. The fraction of sp³-hybridized carbons (Fsp3) is 1.00. The molecule has 6 fully saturated rings. The van der Waals surface area contributed by atoms with E-state index in [1.165, 1.54) is 46.3 Å². The highest BCUT2D eigenvalue weighted by atomic mass is 31.1. The zero-order valence-corrected chi connectivity index (χ0v) is 17.2. The molecule has 2 heterocycles. The second-order valence-electron chi connectivity index (χ2n) is 10.1. The lowest BCUT2D eigenvalue weighted by molar-refractivity contribution is 0.384. The number of rotatable bonds is 3. The van der Waals surface area contributed by atoms with Crippen LogP contribution >= 0.6 is 15.8 Å². The van der Waals surface area contributed by atoms with E-state index in [4.69, 9.17) is 0 Å². The van der Waals surface area contributed by atoms with Crippen molar-refractivity contribution in [3.63, 3.8) is 0 Å². The monoisotopic (exact) mass is 362 g/mol. The molecule has 6 aliphatic rings. The van der Waals surface area contributed by atoms with Crippen LogP contribution in [0.1, 0.15) is 77.0 Å². The Bertz CT molecular complexity index is 406. The topological polar surface area (TPSA) is 0 Å². The number of hydrogen-bond donors (Lipinski definition) is 0. The molecule has 2 saturated heterocycles. The molecular formula is C22H36P2. The SMILES string of the molecule is C1CC2[C@H](C1)C1CCC[C@@H]1P2CCP1C2CCC[C@H]2C2CCC[C@@H]21. The van der Waals surface area contributed by atoms with Crippen molar-refractivity contribution in [3.8, 4) is 0 Å². The van der Waals surface area contributed by atoms with Crippen LogP contribution in [0, 0.1) is 23.7 Å². The molecule has 0 bridgehead atoms. The van der Waals surface area contributed by atoms with Gasteiger partial charge < -0.3 is 0 Å². The summed E-state index contributed by atoms with van der Waals surface area (Å²) in [4.78, 5) is 0. The van der Waals surface area contributed by atoms with E-state index in [-0.39, 0.29) is 0 Å². The van der Waals surface area contributed by atoms with Gasteiger partial charge in [-0.3, -0.25) is 0 Å². The summed E-state index contributed by atoms with van der Waals surface area (Å²) in [6.07, 6.45) is 23.0. The van der Waals surface area contributed by atoms with Gasteiger partial charge in [0.25, 0.3) is 0 Å². The molecule has 24 heavy (non-hydrogen) atoms. The minimum Gasteiger partial charge on any atom is -0.0994 e. The van der Waals surface area contributed by atoms with Crippen molar-refractivity contribution in [2.45, 2.75) is 99.7 Å². The van der Waals surface area contributed by atoms with E-state index < -0.39 is 0 Å². The lowest BCUT2D eigenvalue weighted by Crippen LogP contribution is -2.13. The van der Waals surface area contributed by atoms with Crippen molar-refractivity contribution in [1.29, 1.82) is 0 Å². The molecule has 4 aliphatic carbocycles. The second-order valence-corrected chi connectivity index (χ2v) is 15.7. The molecule has 0 N–H and O–H groups in total. The van der Waals surface area contributed by atoms with Crippen LogP contribution in [-0.2, 0) is 0 Å². The highest BCUT2D eigenvalue weighted by Crippen LogP contribution is 2.73. The van der Waals surface area contributed by atoms with Crippen LogP contribution in [-0.4, -0.2) is 35.0 Å². The van der Waals surface area contributed by atoms with Gasteiger partial charge in [-0.1, -0.05) is 41.5 Å². The van der Waals surface area contributed by atoms with Crippen LogP contribution in [0.3, 0.4) is 0 Å². The van der Waals surface area contributed by atoms with Crippen molar-refractivity contribution >= 4 is 15.8 Å². The van der Waals surface area contributed by atoms with Gasteiger partial charge in [0.1, 0.15) is 0 Å². The third-order valence-electron chi connectivity index (χ3n) is 9.55. The minimum absolute atomic E-state index is 0.438. The summed E-state index contributed by atoms with van der Waals surface area (Å²) in [5.41, 5.74) is 5.02. The Morgan fingerprint density at radius 1 is 0.417 bits per heavy atom. The highest BCUT2D eigenvalue weighted by molar-refractivity contribution is 7.63. The maximum atomic E-state index is 1.75. The molecule has 134 valence electrons. The summed E-state index contributed by atoms with van der Waals surface area (Å²) in [6.45, 7) is 0. The number of fused-ring (bicyclic) bond motifs is 6. The fourth-order valence-corrected chi connectivity index (χ4v) is 18.6. The zero-order chi connectivity index (χ0) is 15.7.